The summed E-state index contributed by atoms with van der Waals surface area (Å²) in [7, 11) is 0. The number of benzene rings is 4. The first-order valence-electron chi connectivity index (χ1n) is 16.6. The minimum atomic E-state index is -2.83. The Morgan fingerprint density at radius 2 is 1.11 bits per heavy atom. The monoisotopic (exact) mass is 724 g/mol. The van der Waals surface area contributed by atoms with Gasteiger partial charge in [-0.15, -0.1) is 0 Å². The Labute approximate surface area is 298 Å². The molecule has 0 nitrogen and oxygen atoms in total. The molecule has 238 valence electrons. The smallest absolute Gasteiger partial charge is 1.00 e. The zero-order valence-electron chi connectivity index (χ0n) is 28.8. The first kappa shape index (κ1) is 36.5. The fraction of sp³-hybridized carbons (Fsp3) is 0.326. The van der Waals surface area contributed by atoms with E-state index in [0.717, 1.165) is 0 Å². The summed E-state index contributed by atoms with van der Waals surface area (Å²) >= 11 is -2.83. The van der Waals surface area contributed by atoms with Gasteiger partial charge in [-0.1, -0.05) is 0 Å². The molecule has 1 atom stereocenters. The van der Waals surface area contributed by atoms with Gasteiger partial charge in [-0.3, -0.25) is 0 Å². The average molecular weight is 727 g/mol. The molecule has 2 aliphatic rings. The summed E-state index contributed by atoms with van der Waals surface area (Å²) in [5.74, 6) is 0.520. The molecule has 0 aromatic heterocycles. The van der Waals surface area contributed by atoms with Gasteiger partial charge in [0.2, 0.25) is 0 Å². The van der Waals surface area contributed by atoms with Gasteiger partial charge in [-0.2, -0.15) is 0 Å². The first-order chi connectivity index (χ1) is 21.0. The average Bonchev–Trinajstić information content (AvgIpc) is 3.55. The van der Waals surface area contributed by atoms with Crippen LogP contribution in [0, 0.1) is 39.0 Å². The molecule has 0 saturated heterocycles. The minimum Gasteiger partial charge on any atom is -1.00 e. The van der Waals surface area contributed by atoms with E-state index in [-0.39, 0.29) is 30.2 Å². The maximum atomic E-state index is 2.71. The predicted octanol–water partition coefficient (Wildman–Crippen LogP) is 5.56. The predicted molar refractivity (Wildman–Crippen MR) is 187 cm³/mol. The molecule has 0 N–H and O–H groups in total. The van der Waals surface area contributed by atoms with Gasteiger partial charge in [0.25, 0.3) is 0 Å². The van der Waals surface area contributed by atoms with Crippen LogP contribution < -0.4 is 24.8 Å². The molecule has 0 saturated carbocycles. The molecule has 0 aliphatic heterocycles. The number of hydrogen-bond donors (Lipinski definition) is 0. The van der Waals surface area contributed by atoms with Crippen LogP contribution in [0.4, 0.5) is 0 Å². The molecule has 0 fully saturated rings. The summed E-state index contributed by atoms with van der Waals surface area (Å²) in [6, 6.07) is 33.5. The van der Waals surface area contributed by atoms with Crippen LogP contribution >= 0.6 is 0 Å². The van der Waals surface area contributed by atoms with E-state index in [2.05, 4.69) is 152 Å². The number of aryl methyl sites for hydroxylation is 4. The van der Waals surface area contributed by atoms with Crippen molar-refractivity contribution >= 4 is 3.21 Å². The summed E-state index contributed by atoms with van der Waals surface area (Å²) in [6.07, 6.45) is 9.14. The van der Waals surface area contributed by atoms with Crippen molar-refractivity contribution in [3.05, 3.63) is 150 Å². The quantitative estimate of drug-likeness (QED) is 0.234. The molecule has 0 radical (unpaired) electrons. The van der Waals surface area contributed by atoms with E-state index in [9.17, 15) is 0 Å². The van der Waals surface area contributed by atoms with E-state index in [4.69, 9.17) is 0 Å². The molecule has 3 heteroatoms. The molecule has 2 aliphatic carbocycles. The fourth-order valence-electron chi connectivity index (χ4n) is 7.22. The van der Waals surface area contributed by atoms with E-state index in [1.165, 1.54) is 69.3 Å². The van der Waals surface area contributed by atoms with Gasteiger partial charge in [0.1, 0.15) is 0 Å². The van der Waals surface area contributed by atoms with E-state index in [0.29, 0.717) is 9.54 Å². The van der Waals surface area contributed by atoms with Crippen LogP contribution in [0.5, 0.6) is 0 Å². The number of unbranched alkanes of at least 4 members (excludes halogenated alkanes) is 1. The Morgan fingerprint density at radius 1 is 0.652 bits per heavy atom. The molecule has 0 spiro atoms. The van der Waals surface area contributed by atoms with Crippen LogP contribution in [0.1, 0.15) is 95.1 Å². The van der Waals surface area contributed by atoms with Crippen molar-refractivity contribution in [2.45, 2.75) is 78.3 Å². The summed E-state index contributed by atoms with van der Waals surface area (Å²) in [6.45, 7) is 18.5. The van der Waals surface area contributed by atoms with Crippen LogP contribution in [0.25, 0.3) is 11.1 Å². The van der Waals surface area contributed by atoms with Crippen LogP contribution in [-0.4, -0.2) is 3.21 Å². The summed E-state index contributed by atoms with van der Waals surface area (Å²) in [4.78, 5) is 0. The third kappa shape index (κ3) is 7.23. The summed E-state index contributed by atoms with van der Waals surface area (Å²) in [5, 5.41) is 0. The van der Waals surface area contributed by atoms with Gasteiger partial charge in [0, 0.05) is 0 Å². The van der Waals surface area contributed by atoms with Crippen LogP contribution in [0.3, 0.4) is 0 Å². The maximum absolute atomic E-state index is 2.83. The molecule has 0 amide bonds. The molecule has 4 aromatic rings. The van der Waals surface area contributed by atoms with Crippen molar-refractivity contribution in [2.24, 2.45) is 11.3 Å². The zero-order chi connectivity index (χ0) is 31.2. The second-order valence-electron chi connectivity index (χ2n) is 14.4. The Morgan fingerprint density at radius 3 is 1.54 bits per heavy atom. The molecule has 1 unspecified atom stereocenters. The third-order valence-corrected chi connectivity index (χ3v) is 18.2. The van der Waals surface area contributed by atoms with E-state index in [1.54, 1.807) is 17.6 Å². The largest absolute Gasteiger partial charge is 1.00 e. The number of hydrogen-bond acceptors (Lipinski definition) is 0. The van der Waals surface area contributed by atoms with E-state index in [1.807, 2.05) is 0 Å². The van der Waals surface area contributed by atoms with Crippen LogP contribution in [-0.2, 0) is 21.3 Å². The van der Waals surface area contributed by atoms with Crippen molar-refractivity contribution < 1.29 is 46.1 Å². The zero-order valence-corrected chi connectivity index (χ0v) is 32.7. The molecule has 4 aromatic carbocycles. The van der Waals surface area contributed by atoms with Crippen molar-refractivity contribution in [2.75, 3.05) is 0 Å². The molecular weight excluding hydrogens is 679 g/mol. The second-order valence-corrected chi connectivity index (χ2v) is 20.5. The second kappa shape index (κ2) is 14.9. The molecule has 0 heterocycles. The standard InChI is InChI=1S/C15H13.C15H14.C13H21.2ClH.Zr/c1-10-3-5-14-12(7-10)9-13-8-11(2)4-6-15(13)14;1-12-3-7-14(8-4-12)11-15-9-5-13(2)6-10-15;1-5-6-7-11-8-9-12(10-11)13(2,3)4;;;/h3-9H,1-2H3;3-10H,1-2H3;9-11H,5-7H2,1-4H3;2*1H;/q;;;;;+2/p-2. The van der Waals surface area contributed by atoms with E-state index < -0.39 is 21.3 Å². The summed E-state index contributed by atoms with van der Waals surface area (Å²) in [5.41, 5.74) is 15.9. The van der Waals surface area contributed by atoms with Gasteiger partial charge >= 0.3 is 276 Å². The number of fused-ring (bicyclic) bond motifs is 3. The summed E-state index contributed by atoms with van der Waals surface area (Å²) < 4.78 is 3.87. The number of halogens is 2. The normalized spacial score (nSPS) is 15.1. The van der Waals surface area contributed by atoms with Crippen molar-refractivity contribution in [3.8, 4) is 11.1 Å². The molecule has 0 bridgehead atoms. The molecular formula is C43H48Cl2Zr. The van der Waals surface area contributed by atoms with Crippen LogP contribution in [0.15, 0.2) is 106 Å². The maximum Gasteiger partial charge on any atom is -1.00 e. The van der Waals surface area contributed by atoms with Gasteiger partial charge in [0.05, 0.1) is 0 Å². The van der Waals surface area contributed by atoms with Crippen molar-refractivity contribution in [3.63, 3.8) is 0 Å². The van der Waals surface area contributed by atoms with Crippen LogP contribution in [0.2, 0.25) is 0 Å². The van der Waals surface area contributed by atoms with E-state index >= 15 is 0 Å². The third-order valence-electron chi connectivity index (χ3n) is 9.70. The SMILES string of the molecule is CCCCC1C=C(C(C)(C)C)C=[C]1[Zr+2](=[C](c1ccc(C)cc1)c1ccc(C)cc1)[CH]1c2cc(C)ccc2-c2ccc(C)cc21.[Cl-].[Cl-]. The van der Waals surface area contributed by atoms with Gasteiger partial charge in [-0.25, -0.2) is 0 Å². The number of rotatable bonds is 7. The van der Waals surface area contributed by atoms with Crippen molar-refractivity contribution in [1.29, 1.82) is 0 Å². The Kier molecular flexibility index (Phi) is 11.8. The first-order valence-corrected chi connectivity index (χ1v) is 20.5. The van der Waals surface area contributed by atoms with Gasteiger partial charge in [-0.05, 0) is 0 Å². The van der Waals surface area contributed by atoms with Gasteiger partial charge in [0.15, 0.2) is 0 Å². The fourth-order valence-corrected chi connectivity index (χ4v) is 16.8. The molecule has 46 heavy (non-hydrogen) atoms. The minimum absolute atomic E-state index is 0. The molecule has 6 rings (SSSR count). The van der Waals surface area contributed by atoms with Gasteiger partial charge < -0.3 is 24.8 Å². The Hall–Kier alpha value is -2.31. The Balaban J connectivity index is 0.00000240. The topological polar surface area (TPSA) is 0 Å². The van der Waals surface area contributed by atoms with Crippen molar-refractivity contribution in [1.82, 2.24) is 0 Å². The Bertz CT molecular complexity index is 1700. The number of allylic oxidation sites excluding steroid dienone is 4.